The minimum absolute atomic E-state index is 0.112. The molecular formula is C12H20N2O2. The van der Waals surface area contributed by atoms with Crippen molar-refractivity contribution in [2.75, 3.05) is 6.54 Å². The molecule has 90 valence electrons. The van der Waals surface area contributed by atoms with E-state index in [4.69, 9.17) is 10.1 Å². The highest BCUT2D eigenvalue weighted by Gasteiger charge is 2.30. The van der Waals surface area contributed by atoms with Crippen molar-refractivity contribution in [1.82, 2.24) is 4.90 Å². The summed E-state index contributed by atoms with van der Waals surface area (Å²) in [6.07, 6.45) is 3.17. The fourth-order valence-corrected chi connectivity index (χ4v) is 1.26. The third kappa shape index (κ3) is 4.04. The van der Waals surface area contributed by atoms with Gasteiger partial charge in [-0.3, -0.25) is 10.3 Å². The molecule has 1 amide bonds. The highest BCUT2D eigenvalue weighted by molar-refractivity contribution is 6.00. The molecule has 0 aromatic carbocycles. The molecule has 1 N–H and O–H groups in total. The second-order valence-corrected chi connectivity index (χ2v) is 5.12. The zero-order valence-corrected chi connectivity index (χ0v) is 10.2. The zero-order valence-electron chi connectivity index (χ0n) is 10.2. The molecule has 0 aromatic heterocycles. The minimum atomic E-state index is -0.527. The summed E-state index contributed by atoms with van der Waals surface area (Å²) in [5.74, 6) is 0.633. The predicted molar refractivity (Wildman–Crippen MR) is 63.6 cm³/mol. The van der Waals surface area contributed by atoms with Gasteiger partial charge >= 0.3 is 6.09 Å². The quantitative estimate of drug-likeness (QED) is 0.592. The first kappa shape index (κ1) is 12.7. The SMILES string of the molecule is C=CC(=N)N(CC1CC1)C(=O)OC(C)(C)C. The van der Waals surface area contributed by atoms with Crippen molar-refractivity contribution in [1.29, 1.82) is 5.41 Å². The van der Waals surface area contributed by atoms with Crippen LogP contribution in [0.25, 0.3) is 0 Å². The molecular weight excluding hydrogens is 204 g/mol. The van der Waals surface area contributed by atoms with Gasteiger partial charge in [0.15, 0.2) is 0 Å². The Labute approximate surface area is 96.8 Å². The topological polar surface area (TPSA) is 53.4 Å². The van der Waals surface area contributed by atoms with Gasteiger partial charge in [0.05, 0.1) is 0 Å². The Kier molecular flexibility index (Phi) is 3.73. The maximum absolute atomic E-state index is 11.8. The van der Waals surface area contributed by atoms with Crippen molar-refractivity contribution < 1.29 is 9.53 Å². The Hall–Kier alpha value is -1.32. The van der Waals surface area contributed by atoms with Crippen LogP contribution in [0.2, 0.25) is 0 Å². The molecule has 16 heavy (non-hydrogen) atoms. The Morgan fingerprint density at radius 2 is 2.12 bits per heavy atom. The lowest BCUT2D eigenvalue weighted by Crippen LogP contribution is -2.40. The highest BCUT2D eigenvalue weighted by atomic mass is 16.6. The summed E-state index contributed by atoms with van der Waals surface area (Å²) in [5, 5.41) is 7.66. The number of hydrogen-bond acceptors (Lipinski definition) is 3. The van der Waals surface area contributed by atoms with Crippen LogP contribution in [0.4, 0.5) is 4.79 Å². The molecule has 0 atom stereocenters. The van der Waals surface area contributed by atoms with E-state index in [9.17, 15) is 4.79 Å². The highest BCUT2D eigenvalue weighted by Crippen LogP contribution is 2.30. The number of hydrogen-bond donors (Lipinski definition) is 1. The molecule has 1 rings (SSSR count). The molecule has 1 aliphatic rings. The van der Waals surface area contributed by atoms with Crippen LogP contribution in [-0.4, -0.2) is 29.0 Å². The lowest BCUT2D eigenvalue weighted by atomic mass is 10.2. The Balaban J connectivity index is 2.63. The van der Waals surface area contributed by atoms with E-state index in [1.54, 1.807) is 0 Å². The van der Waals surface area contributed by atoms with Crippen molar-refractivity contribution in [3.8, 4) is 0 Å². The van der Waals surface area contributed by atoms with E-state index < -0.39 is 11.7 Å². The molecule has 1 saturated carbocycles. The maximum atomic E-state index is 11.8. The van der Waals surface area contributed by atoms with Gasteiger partial charge in [-0.15, -0.1) is 0 Å². The number of nitrogens with one attached hydrogen (secondary N) is 1. The van der Waals surface area contributed by atoms with Crippen LogP contribution in [0.15, 0.2) is 12.7 Å². The number of ether oxygens (including phenoxy) is 1. The monoisotopic (exact) mass is 224 g/mol. The van der Waals surface area contributed by atoms with Crippen LogP contribution in [0, 0.1) is 11.3 Å². The van der Waals surface area contributed by atoms with Crippen LogP contribution in [0.1, 0.15) is 33.6 Å². The lowest BCUT2D eigenvalue weighted by Gasteiger charge is -2.26. The summed E-state index contributed by atoms with van der Waals surface area (Å²) in [6.45, 7) is 9.53. The van der Waals surface area contributed by atoms with E-state index in [-0.39, 0.29) is 5.84 Å². The molecule has 0 saturated heterocycles. The third-order valence-corrected chi connectivity index (χ3v) is 2.24. The number of nitrogens with zero attached hydrogens (tertiary/aromatic N) is 1. The van der Waals surface area contributed by atoms with E-state index in [0.29, 0.717) is 12.5 Å². The van der Waals surface area contributed by atoms with E-state index >= 15 is 0 Å². The largest absolute Gasteiger partial charge is 0.443 e. The summed E-state index contributed by atoms with van der Waals surface area (Å²) < 4.78 is 5.25. The van der Waals surface area contributed by atoms with Gasteiger partial charge in [0.2, 0.25) is 0 Å². The van der Waals surface area contributed by atoms with E-state index in [1.165, 1.54) is 11.0 Å². The third-order valence-electron chi connectivity index (χ3n) is 2.24. The van der Waals surface area contributed by atoms with Crippen LogP contribution < -0.4 is 0 Å². The Morgan fingerprint density at radius 1 is 1.56 bits per heavy atom. The summed E-state index contributed by atoms with van der Waals surface area (Å²) in [5.41, 5.74) is -0.527. The normalized spacial score (nSPS) is 15.4. The van der Waals surface area contributed by atoms with Crippen molar-refractivity contribution in [2.45, 2.75) is 39.2 Å². The number of carbonyl (C=O) groups is 1. The second kappa shape index (κ2) is 4.68. The minimum Gasteiger partial charge on any atom is -0.443 e. The molecule has 0 unspecified atom stereocenters. The zero-order chi connectivity index (χ0) is 12.3. The lowest BCUT2D eigenvalue weighted by molar-refractivity contribution is 0.0364. The van der Waals surface area contributed by atoms with Gasteiger partial charge in [0.25, 0.3) is 0 Å². The first-order valence-electron chi connectivity index (χ1n) is 5.55. The average molecular weight is 224 g/mol. The van der Waals surface area contributed by atoms with Crippen molar-refractivity contribution in [2.24, 2.45) is 5.92 Å². The smallest absolute Gasteiger partial charge is 0.415 e. The van der Waals surface area contributed by atoms with Gasteiger partial charge in [0, 0.05) is 6.54 Å². The summed E-state index contributed by atoms with van der Waals surface area (Å²) in [4.78, 5) is 13.2. The molecule has 0 aliphatic heterocycles. The van der Waals surface area contributed by atoms with Crippen molar-refractivity contribution in [3.63, 3.8) is 0 Å². The summed E-state index contributed by atoms with van der Waals surface area (Å²) >= 11 is 0. The van der Waals surface area contributed by atoms with Crippen LogP contribution in [0.3, 0.4) is 0 Å². The molecule has 1 aliphatic carbocycles. The van der Waals surface area contributed by atoms with Crippen molar-refractivity contribution >= 4 is 11.9 Å². The van der Waals surface area contributed by atoms with Gasteiger partial charge in [-0.25, -0.2) is 4.79 Å². The first-order chi connectivity index (χ1) is 7.33. The molecule has 0 aromatic rings. The molecule has 4 nitrogen and oxygen atoms in total. The number of amides is 1. The van der Waals surface area contributed by atoms with Gasteiger partial charge in [0.1, 0.15) is 11.4 Å². The molecule has 1 fully saturated rings. The number of amidine groups is 1. The van der Waals surface area contributed by atoms with Crippen molar-refractivity contribution in [3.05, 3.63) is 12.7 Å². The predicted octanol–water partition coefficient (Wildman–Crippen LogP) is 2.80. The second-order valence-electron chi connectivity index (χ2n) is 5.12. The van der Waals surface area contributed by atoms with Gasteiger partial charge in [-0.2, -0.15) is 0 Å². The summed E-state index contributed by atoms with van der Waals surface area (Å²) in [7, 11) is 0. The van der Waals surface area contributed by atoms with Gasteiger partial charge in [-0.05, 0) is 45.6 Å². The standard InChI is InChI=1S/C12H20N2O2/c1-5-10(13)14(8-9-6-7-9)11(15)16-12(2,3)4/h5,9,13H,1,6-8H2,2-4H3. The molecule has 0 bridgehead atoms. The fraction of sp³-hybridized carbons (Fsp3) is 0.667. The van der Waals surface area contributed by atoms with E-state index in [2.05, 4.69) is 6.58 Å². The molecule has 0 heterocycles. The molecule has 0 spiro atoms. The Bertz CT molecular complexity index is 301. The number of rotatable bonds is 3. The first-order valence-corrected chi connectivity index (χ1v) is 5.55. The fourth-order valence-electron chi connectivity index (χ4n) is 1.26. The van der Waals surface area contributed by atoms with E-state index in [1.807, 2.05) is 20.8 Å². The molecule has 0 radical (unpaired) electrons. The maximum Gasteiger partial charge on any atom is 0.415 e. The average Bonchev–Trinajstić information content (AvgIpc) is 2.93. The van der Waals surface area contributed by atoms with Crippen LogP contribution in [0.5, 0.6) is 0 Å². The summed E-state index contributed by atoms with van der Waals surface area (Å²) in [6, 6.07) is 0. The van der Waals surface area contributed by atoms with Gasteiger partial charge < -0.3 is 4.74 Å². The van der Waals surface area contributed by atoms with Gasteiger partial charge in [-0.1, -0.05) is 6.58 Å². The van der Waals surface area contributed by atoms with E-state index in [0.717, 1.165) is 12.8 Å². The van der Waals surface area contributed by atoms with Crippen LogP contribution in [-0.2, 0) is 4.74 Å². The number of carbonyl (C=O) groups excluding carboxylic acids is 1. The van der Waals surface area contributed by atoms with Crippen LogP contribution >= 0.6 is 0 Å². The molecule has 4 heteroatoms. The Morgan fingerprint density at radius 3 is 2.50 bits per heavy atom.